The topological polar surface area (TPSA) is 90.9 Å². The number of ether oxygens (including phenoxy) is 2. The van der Waals surface area contributed by atoms with Gasteiger partial charge in [-0.15, -0.1) is 0 Å². The van der Waals surface area contributed by atoms with E-state index in [1.54, 1.807) is 20.8 Å². The summed E-state index contributed by atoms with van der Waals surface area (Å²) in [5.74, 6) is -0.440. The van der Waals surface area contributed by atoms with Crippen LogP contribution in [0.3, 0.4) is 0 Å². The standard InChI is InChI=1S/C14H16F3NO6S/c1-13(2,3)23-12(19)18-10-7-22-11-6-8(4-5-9(10)11)24-25(20,21)14(15,16)17/h4-6,10H,7H2,1-3H3,(H,18,19). The van der Waals surface area contributed by atoms with Gasteiger partial charge in [-0.05, 0) is 32.9 Å². The van der Waals surface area contributed by atoms with Crippen molar-refractivity contribution < 1.29 is 40.0 Å². The molecule has 140 valence electrons. The predicted molar refractivity (Wildman–Crippen MR) is 79.7 cm³/mol. The number of carbonyl (C=O) groups excluding carboxylic acids is 1. The maximum absolute atomic E-state index is 12.3. The number of nitrogens with one attached hydrogen (secondary N) is 1. The van der Waals surface area contributed by atoms with Gasteiger partial charge in [-0.25, -0.2) is 4.79 Å². The van der Waals surface area contributed by atoms with Crippen molar-refractivity contribution in [2.24, 2.45) is 0 Å². The van der Waals surface area contributed by atoms with Crippen LogP contribution < -0.4 is 14.2 Å². The second-order valence-corrected chi connectivity index (χ2v) is 7.73. The number of rotatable bonds is 3. The van der Waals surface area contributed by atoms with Crippen molar-refractivity contribution in [1.29, 1.82) is 0 Å². The molecule has 0 saturated carbocycles. The van der Waals surface area contributed by atoms with Crippen LogP contribution in [0.4, 0.5) is 18.0 Å². The number of hydrogen-bond acceptors (Lipinski definition) is 6. The summed E-state index contributed by atoms with van der Waals surface area (Å²) in [7, 11) is -5.77. The molecule has 1 aliphatic rings. The molecule has 1 aromatic carbocycles. The molecule has 2 rings (SSSR count). The number of alkyl carbamates (subject to hydrolysis) is 1. The quantitative estimate of drug-likeness (QED) is 0.638. The lowest BCUT2D eigenvalue weighted by Crippen LogP contribution is -2.35. The van der Waals surface area contributed by atoms with Gasteiger partial charge < -0.3 is 19.0 Å². The Balaban J connectivity index is 2.12. The zero-order chi connectivity index (χ0) is 19.0. The van der Waals surface area contributed by atoms with Crippen LogP contribution in [0.5, 0.6) is 11.5 Å². The first kappa shape index (κ1) is 19.2. The lowest BCUT2D eigenvalue weighted by atomic mass is 10.1. The molecule has 1 amide bonds. The van der Waals surface area contributed by atoms with E-state index in [0.717, 1.165) is 12.1 Å². The molecule has 0 aliphatic carbocycles. The monoisotopic (exact) mass is 383 g/mol. The lowest BCUT2D eigenvalue weighted by molar-refractivity contribution is -0.0500. The van der Waals surface area contributed by atoms with Crippen molar-refractivity contribution in [2.45, 2.75) is 37.9 Å². The molecule has 1 aromatic rings. The van der Waals surface area contributed by atoms with Crippen LogP contribution in [0.2, 0.25) is 0 Å². The maximum Gasteiger partial charge on any atom is 0.534 e. The molecule has 1 heterocycles. The average Bonchev–Trinajstić information content (AvgIpc) is 2.77. The highest BCUT2D eigenvalue weighted by Crippen LogP contribution is 2.37. The molecular weight excluding hydrogens is 367 g/mol. The minimum absolute atomic E-state index is 0.0179. The van der Waals surface area contributed by atoms with Crippen molar-refractivity contribution in [3.8, 4) is 11.5 Å². The van der Waals surface area contributed by atoms with E-state index in [2.05, 4.69) is 9.50 Å². The maximum atomic E-state index is 12.3. The van der Waals surface area contributed by atoms with Gasteiger partial charge in [-0.1, -0.05) is 0 Å². The molecule has 1 N–H and O–H groups in total. The third kappa shape index (κ3) is 4.68. The van der Waals surface area contributed by atoms with Crippen LogP contribution in [0, 0.1) is 0 Å². The Hall–Kier alpha value is -2.17. The summed E-state index contributed by atoms with van der Waals surface area (Å²) in [6.45, 7) is 5.09. The summed E-state index contributed by atoms with van der Waals surface area (Å²) in [5.41, 5.74) is -5.77. The van der Waals surface area contributed by atoms with E-state index in [1.807, 2.05) is 0 Å². The van der Waals surface area contributed by atoms with E-state index < -0.39 is 39.1 Å². The molecular formula is C14H16F3NO6S. The molecule has 1 atom stereocenters. The molecule has 0 spiro atoms. The molecule has 0 bridgehead atoms. The number of carbonyl (C=O) groups is 1. The fraction of sp³-hybridized carbons (Fsp3) is 0.500. The van der Waals surface area contributed by atoms with Crippen LogP contribution >= 0.6 is 0 Å². The van der Waals surface area contributed by atoms with Gasteiger partial charge >= 0.3 is 21.7 Å². The second-order valence-electron chi connectivity index (χ2n) is 6.19. The summed E-state index contributed by atoms with van der Waals surface area (Å²) in [6.07, 6.45) is -0.686. The van der Waals surface area contributed by atoms with Gasteiger partial charge in [0.15, 0.2) is 0 Å². The molecule has 0 saturated heterocycles. The first-order valence-electron chi connectivity index (χ1n) is 7.05. The van der Waals surface area contributed by atoms with Crippen LogP contribution in [0.15, 0.2) is 18.2 Å². The number of halogens is 3. The largest absolute Gasteiger partial charge is 0.534 e. The van der Waals surface area contributed by atoms with E-state index in [9.17, 15) is 26.4 Å². The van der Waals surface area contributed by atoms with E-state index in [-0.39, 0.29) is 12.4 Å². The minimum Gasteiger partial charge on any atom is -0.491 e. The van der Waals surface area contributed by atoms with Crippen molar-refractivity contribution >= 4 is 16.2 Å². The Bertz CT molecular complexity index is 770. The SMILES string of the molecule is CC(C)(C)OC(=O)NC1COc2cc(OS(=O)(=O)C(F)(F)F)ccc21. The van der Waals surface area contributed by atoms with Crippen LogP contribution in [0.1, 0.15) is 32.4 Å². The molecule has 1 aliphatic heterocycles. The van der Waals surface area contributed by atoms with E-state index in [0.29, 0.717) is 5.56 Å². The Morgan fingerprint density at radius 2 is 1.92 bits per heavy atom. The first-order chi connectivity index (χ1) is 11.3. The zero-order valence-electron chi connectivity index (χ0n) is 13.5. The Labute approximate surface area is 142 Å². The number of benzene rings is 1. The second kappa shape index (κ2) is 6.28. The van der Waals surface area contributed by atoms with Gasteiger partial charge in [-0.2, -0.15) is 21.6 Å². The lowest BCUT2D eigenvalue weighted by Gasteiger charge is -2.21. The highest BCUT2D eigenvalue weighted by molar-refractivity contribution is 7.88. The van der Waals surface area contributed by atoms with Gasteiger partial charge in [-0.3, -0.25) is 0 Å². The number of hydrogen-bond donors (Lipinski definition) is 1. The average molecular weight is 383 g/mol. The summed E-state index contributed by atoms with van der Waals surface area (Å²) in [5, 5.41) is 2.56. The minimum atomic E-state index is -5.77. The van der Waals surface area contributed by atoms with E-state index in [1.165, 1.54) is 6.07 Å². The fourth-order valence-corrected chi connectivity index (χ4v) is 2.44. The molecule has 0 fully saturated rings. The van der Waals surface area contributed by atoms with Crippen molar-refractivity contribution in [3.05, 3.63) is 23.8 Å². The van der Waals surface area contributed by atoms with E-state index >= 15 is 0 Å². The summed E-state index contributed by atoms with van der Waals surface area (Å²) >= 11 is 0. The molecule has 0 aromatic heterocycles. The third-order valence-corrected chi connectivity index (χ3v) is 3.93. The molecule has 1 unspecified atom stereocenters. The molecule has 25 heavy (non-hydrogen) atoms. The highest BCUT2D eigenvalue weighted by Gasteiger charge is 2.48. The molecule has 7 nitrogen and oxygen atoms in total. The smallest absolute Gasteiger partial charge is 0.491 e. The number of amides is 1. The van der Waals surface area contributed by atoms with Crippen LogP contribution in [0.25, 0.3) is 0 Å². The van der Waals surface area contributed by atoms with Crippen molar-refractivity contribution in [1.82, 2.24) is 5.32 Å². The normalized spacial score (nSPS) is 17.4. The highest BCUT2D eigenvalue weighted by atomic mass is 32.2. The summed E-state index contributed by atoms with van der Waals surface area (Å²) in [4.78, 5) is 11.8. The number of alkyl halides is 3. The van der Waals surface area contributed by atoms with Gasteiger partial charge in [0.2, 0.25) is 0 Å². The van der Waals surface area contributed by atoms with Gasteiger partial charge in [0.25, 0.3) is 0 Å². The third-order valence-electron chi connectivity index (χ3n) is 2.95. The Kier molecular flexibility index (Phi) is 4.81. The molecule has 0 radical (unpaired) electrons. The van der Waals surface area contributed by atoms with Crippen molar-refractivity contribution in [2.75, 3.05) is 6.61 Å². The van der Waals surface area contributed by atoms with Gasteiger partial charge in [0.1, 0.15) is 23.7 Å². The first-order valence-corrected chi connectivity index (χ1v) is 8.46. The van der Waals surface area contributed by atoms with Crippen LogP contribution in [-0.2, 0) is 14.9 Å². The van der Waals surface area contributed by atoms with E-state index in [4.69, 9.17) is 9.47 Å². The Morgan fingerprint density at radius 1 is 1.28 bits per heavy atom. The molecule has 11 heteroatoms. The van der Waals surface area contributed by atoms with Crippen molar-refractivity contribution in [3.63, 3.8) is 0 Å². The summed E-state index contributed by atoms with van der Waals surface area (Å²) in [6, 6.07) is 2.78. The zero-order valence-corrected chi connectivity index (χ0v) is 14.3. The fourth-order valence-electron chi connectivity index (χ4n) is 1.99. The predicted octanol–water partition coefficient (Wildman–Crippen LogP) is 2.87. The number of fused-ring (bicyclic) bond motifs is 1. The summed E-state index contributed by atoms with van der Waals surface area (Å²) < 4.78 is 73.4. The van der Waals surface area contributed by atoms with Gasteiger partial charge in [0.05, 0.1) is 6.04 Å². The van der Waals surface area contributed by atoms with Crippen LogP contribution in [-0.4, -0.2) is 32.2 Å². The Morgan fingerprint density at radius 3 is 2.48 bits per heavy atom. The van der Waals surface area contributed by atoms with Gasteiger partial charge in [0, 0.05) is 11.6 Å².